The molecule has 118 valence electrons. The molecule has 1 aliphatic heterocycles. The van der Waals surface area contributed by atoms with Crippen molar-refractivity contribution in [3.8, 4) is 5.69 Å². The van der Waals surface area contributed by atoms with Gasteiger partial charge in [0.2, 0.25) is 0 Å². The Morgan fingerprint density at radius 2 is 2.04 bits per heavy atom. The van der Waals surface area contributed by atoms with Crippen LogP contribution in [0.15, 0.2) is 24.5 Å². The summed E-state index contributed by atoms with van der Waals surface area (Å²) in [6.07, 6.45) is 3.51. The average molecular weight is 308 g/mol. The second-order valence-electron chi connectivity index (χ2n) is 6.24. The zero-order chi connectivity index (χ0) is 16.0. The van der Waals surface area contributed by atoms with E-state index in [4.69, 9.17) is 4.98 Å². The van der Waals surface area contributed by atoms with Crippen molar-refractivity contribution >= 4 is 0 Å². The van der Waals surface area contributed by atoms with E-state index in [9.17, 15) is 0 Å². The minimum Gasteiger partial charge on any atom is -0.250 e. The maximum atomic E-state index is 4.73. The Balaban J connectivity index is 1.78. The monoisotopic (exact) mass is 308 g/mol. The van der Waals surface area contributed by atoms with Gasteiger partial charge in [-0.1, -0.05) is 12.1 Å². The van der Waals surface area contributed by atoms with Crippen LogP contribution in [0, 0.1) is 20.8 Å². The molecule has 0 amide bonds. The lowest BCUT2D eigenvalue weighted by Crippen LogP contribution is -2.22. The van der Waals surface area contributed by atoms with Gasteiger partial charge in [-0.3, -0.25) is 4.68 Å². The number of rotatable bonds is 2. The van der Waals surface area contributed by atoms with Crippen molar-refractivity contribution in [3.05, 3.63) is 53.1 Å². The third-order valence-electron chi connectivity index (χ3n) is 4.72. The van der Waals surface area contributed by atoms with E-state index in [2.05, 4.69) is 47.2 Å². The van der Waals surface area contributed by atoms with Crippen LogP contribution < -0.4 is 0 Å². The highest BCUT2D eigenvalue weighted by atomic mass is 15.4. The van der Waals surface area contributed by atoms with E-state index in [1.54, 1.807) is 6.33 Å². The van der Waals surface area contributed by atoms with Crippen LogP contribution in [0.3, 0.4) is 0 Å². The van der Waals surface area contributed by atoms with Crippen molar-refractivity contribution < 1.29 is 0 Å². The largest absolute Gasteiger partial charge is 0.250 e. The SMILES string of the molecule is Cc1nc(C2CCn3ncnc3C2)n(-c2cccc(C)c2C)n1. The first-order valence-electron chi connectivity index (χ1n) is 8.00. The number of aryl methyl sites for hydroxylation is 3. The zero-order valence-corrected chi connectivity index (χ0v) is 13.7. The molecule has 0 saturated carbocycles. The molecule has 0 N–H and O–H groups in total. The molecule has 23 heavy (non-hydrogen) atoms. The number of hydrogen-bond donors (Lipinski definition) is 0. The number of hydrogen-bond acceptors (Lipinski definition) is 4. The van der Waals surface area contributed by atoms with Gasteiger partial charge in [0, 0.05) is 18.9 Å². The summed E-state index contributed by atoms with van der Waals surface area (Å²) in [6, 6.07) is 6.33. The maximum absolute atomic E-state index is 4.73. The topological polar surface area (TPSA) is 61.4 Å². The molecule has 0 radical (unpaired) electrons. The number of benzene rings is 1. The number of nitrogens with zero attached hydrogens (tertiary/aromatic N) is 6. The lowest BCUT2D eigenvalue weighted by molar-refractivity contribution is 0.417. The Bertz CT molecular complexity index is 860. The third kappa shape index (κ3) is 2.34. The van der Waals surface area contributed by atoms with E-state index in [-0.39, 0.29) is 0 Å². The Hall–Kier alpha value is -2.50. The molecule has 0 fully saturated rings. The first kappa shape index (κ1) is 14.1. The van der Waals surface area contributed by atoms with E-state index in [1.807, 2.05) is 16.3 Å². The molecule has 4 rings (SSSR count). The summed E-state index contributed by atoms with van der Waals surface area (Å²) < 4.78 is 4.01. The smallest absolute Gasteiger partial charge is 0.148 e. The minimum absolute atomic E-state index is 0.327. The van der Waals surface area contributed by atoms with Gasteiger partial charge in [0.1, 0.15) is 23.8 Å². The molecule has 2 aromatic heterocycles. The molecular weight excluding hydrogens is 288 g/mol. The second-order valence-corrected chi connectivity index (χ2v) is 6.24. The summed E-state index contributed by atoms with van der Waals surface area (Å²) in [6.45, 7) is 7.11. The molecular formula is C17H20N6. The summed E-state index contributed by atoms with van der Waals surface area (Å²) >= 11 is 0. The van der Waals surface area contributed by atoms with Crippen molar-refractivity contribution in [3.63, 3.8) is 0 Å². The van der Waals surface area contributed by atoms with Gasteiger partial charge < -0.3 is 0 Å². The molecule has 3 heterocycles. The first-order valence-corrected chi connectivity index (χ1v) is 8.00. The fourth-order valence-corrected chi connectivity index (χ4v) is 3.29. The Morgan fingerprint density at radius 1 is 1.17 bits per heavy atom. The highest BCUT2D eigenvalue weighted by Crippen LogP contribution is 2.29. The van der Waals surface area contributed by atoms with Crippen molar-refractivity contribution in [1.29, 1.82) is 0 Å². The highest BCUT2D eigenvalue weighted by Gasteiger charge is 2.27. The van der Waals surface area contributed by atoms with Crippen molar-refractivity contribution in [2.45, 2.75) is 46.1 Å². The van der Waals surface area contributed by atoms with Gasteiger partial charge in [-0.15, -0.1) is 0 Å². The maximum Gasteiger partial charge on any atom is 0.148 e. The van der Waals surface area contributed by atoms with Crippen LogP contribution in [0.5, 0.6) is 0 Å². The lowest BCUT2D eigenvalue weighted by Gasteiger charge is -2.22. The summed E-state index contributed by atoms with van der Waals surface area (Å²) in [5, 5.41) is 8.92. The van der Waals surface area contributed by atoms with E-state index in [0.717, 1.165) is 42.5 Å². The molecule has 1 aliphatic rings. The second kappa shape index (κ2) is 5.30. The Kier molecular flexibility index (Phi) is 3.25. The van der Waals surface area contributed by atoms with Crippen molar-refractivity contribution in [2.75, 3.05) is 0 Å². The molecule has 1 atom stereocenters. The van der Waals surface area contributed by atoms with Gasteiger partial charge in [0.05, 0.1) is 5.69 Å². The first-order chi connectivity index (χ1) is 11.1. The van der Waals surface area contributed by atoms with Crippen LogP contribution in [0.1, 0.15) is 40.9 Å². The van der Waals surface area contributed by atoms with E-state index >= 15 is 0 Å². The van der Waals surface area contributed by atoms with E-state index < -0.39 is 0 Å². The zero-order valence-electron chi connectivity index (χ0n) is 13.7. The van der Waals surface area contributed by atoms with Gasteiger partial charge in [0.15, 0.2) is 0 Å². The van der Waals surface area contributed by atoms with Crippen LogP contribution >= 0.6 is 0 Å². The molecule has 0 spiro atoms. The quantitative estimate of drug-likeness (QED) is 0.730. The predicted octanol–water partition coefficient (Wildman–Crippen LogP) is 2.51. The van der Waals surface area contributed by atoms with Crippen LogP contribution in [-0.4, -0.2) is 29.5 Å². The van der Waals surface area contributed by atoms with E-state index in [1.165, 1.54) is 11.1 Å². The number of fused-ring (bicyclic) bond motifs is 1. The highest BCUT2D eigenvalue weighted by molar-refractivity contribution is 5.45. The summed E-state index contributed by atoms with van der Waals surface area (Å²) in [4.78, 5) is 9.10. The van der Waals surface area contributed by atoms with Gasteiger partial charge in [-0.2, -0.15) is 10.2 Å². The van der Waals surface area contributed by atoms with Crippen LogP contribution in [0.2, 0.25) is 0 Å². The van der Waals surface area contributed by atoms with Crippen LogP contribution in [0.25, 0.3) is 5.69 Å². The lowest BCUT2D eigenvalue weighted by atomic mass is 9.96. The molecule has 1 unspecified atom stereocenters. The van der Waals surface area contributed by atoms with Crippen LogP contribution in [-0.2, 0) is 13.0 Å². The molecule has 3 aromatic rings. The van der Waals surface area contributed by atoms with Crippen molar-refractivity contribution in [1.82, 2.24) is 29.5 Å². The van der Waals surface area contributed by atoms with E-state index in [0.29, 0.717) is 5.92 Å². The van der Waals surface area contributed by atoms with Gasteiger partial charge in [-0.25, -0.2) is 14.6 Å². The molecule has 1 aromatic carbocycles. The van der Waals surface area contributed by atoms with Gasteiger partial charge >= 0.3 is 0 Å². The molecule has 6 nitrogen and oxygen atoms in total. The standard InChI is InChI=1S/C17H20N6/c1-11-5-4-6-15(12(11)2)23-17(20-13(3)21-23)14-7-8-22-16(9-14)18-10-19-22/h4-6,10,14H,7-9H2,1-3H3. The van der Waals surface area contributed by atoms with Crippen molar-refractivity contribution in [2.24, 2.45) is 0 Å². The Morgan fingerprint density at radius 3 is 2.91 bits per heavy atom. The minimum atomic E-state index is 0.327. The average Bonchev–Trinajstić information content (AvgIpc) is 3.15. The molecule has 6 heteroatoms. The van der Waals surface area contributed by atoms with Gasteiger partial charge in [-0.05, 0) is 44.4 Å². The summed E-state index contributed by atoms with van der Waals surface area (Å²) in [5.74, 6) is 3.21. The predicted molar refractivity (Wildman–Crippen MR) is 86.7 cm³/mol. The number of aromatic nitrogens is 6. The fraction of sp³-hybridized carbons (Fsp3) is 0.412. The molecule has 0 saturated heterocycles. The fourth-order valence-electron chi connectivity index (χ4n) is 3.29. The normalized spacial score (nSPS) is 17.3. The van der Waals surface area contributed by atoms with Crippen LogP contribution in [0.4, 0.5) is 0 Å². The van der Waals surface area contributed by atoms with Gasteiger partial charge in [0.25, 0.3) is 0 Å². The third-order valence-corrected chi connectivity index (χ3v) is 4.72. The molecule has 0 bridgehead atoms. The summed E-state index contributed by atoms with van der Waals surface area (Å²) in [7, 11) is 0. The summed E-state index contributed by atoms with van der Waals surface area (Å²) in [5.41, 5.74) is 3.63. The Labute approximate surface area is 135 Å². The molecule has 0 aliphatic carbocycles.